The SMILES string of the molecule is Cc1cc2onc(C(=O)O)c2o1. The fourth-order valence-electron chi connectivity index (χ4n) is 0.996. The zero-order chi connectivity index (χ0) is 8.72. The molecule has 62 valence electrons. The van der Waals surface area contributed by atoms with Gasteiger partial charge in [0.05, 0.1) is 0 Å². The number of aromatic nitrogens is 1. The number of carboxylic acids is 1. The summed E-state index contributed by atoms with van der Waals surface area (Å²) >= 11 is 0. The van der Waals surface area contributed by atoms with Gasteiger partial charge in [-0.25, -0.2) is 4.79 Å². The lowest BCUT2D eigenvalue weighted by Crippen LogP contribution is -1.95. The first-order valence-corrected chi connectivity index (χ1v) is 3.27. The van der Waals surface area contributed by atoms with Gasteiger partial charge in [-0.2, -0.15) is 0 Å². The van der Waals surface area contributed by atoms with E-state index in [-0.39, 0.29) is 11.3 Å². The second kappa shape index (κ2) is 2.10. The van der Waals surface area contributed by atoms with Crippen molar-refractivity contribution in [3.63, 3.8) is 0 Å². The third kappa shape index (κ3) is 0.795. The minimum atomic E-state index is -1.15. The van der Waals surface area contributed by atoms with Crippen LogP contribution in [0.1, 0.15) is 16.2 Å². The maximum atomic E-state index is 10.5. The fraction of sp³-hybridized carbons (Fsp3) is 0.143. The number of nitrogens with zero attached hydrogens (tertiary/aromatic N) is 1. The van der Waals surface area contributed by atoms with Gasteiger partial charge in [0.15, 0.2) is 0 Å². The van der Waals surface area contributed by atoms with Crippen molar-refractivity contribution in [3.05, 3.63) is 17.5 Å². The highest BCUT2D eigenvalue weighted by atomic mass is 16.5. The maximum absolute atomic E-state index is 10.5. The van der Waals surface area contributed by atoms with E-state index in [1.54, 1.807) is 13.0 Å². The van der Waals surface area contributed by atoms with Crippen LogP contribution in [0.4, 0.5) is 0 Å². The maximum Gasteiger partial charge on any atom is 0.362 e. The van der Waals surface area contributed by atoms with Gasteiger partial charge >= 0.3 is 5.97 Å². The van der Waals surface area contributed by atoms with Crippen LogP contribution in [0.3, 0.4) is 0 Å². The Morgan fingerprint density at radius 3 is 3.08 bits per heavy atom. The van der Waals surface area contributed by atoms with Gasteiger partial charge in [-0.3, -0.25) is 0 Å². The molecule has 0 atom stereocenters. The van der Waals surface area contributed by atoms with Gasteiger partial charge in [-0.15, -0.1) is 0 Å². The molecule has 0 aliphatic rings. The third-order valence-electron chi connectivity index (χ3n) is 1.47. The normalized spacial score (nSPS) is 10.8. The van der Waals surface area contributed by atoms with E-state index in [9.17, 15) is 4.79 Å². The quantitative estimate of drug-likeness (QED) is 0.695. The average Bonchev–Trinajstić information content (AvgIpc) is 2.43. The topological polar surface area (TPSA) is 76.5 Å². The zero-order valence-electron chi connectivity index (χ0n) is 6.20. The lowest BCUT2D eigenvalue weighted by Gasteiger charge is -1.81. The smallest absolute Gasteiger partial charge is 0.362 e. The summed E-state index contributed by atoms with van der Waals surface area (Å²) in [6, 6.07) is 1.59. The molecule has 0 spiro atoms. The van der Waals surface area contributed by atoms with E-state index in [1.807, 2.05) is 0 Å². The summed E-state index contributed by atoms with van der Waals surface area (Å²) in [7, 11) is 0. The van der Waals surface area contributed by atoms with Gasteiger partial charge < -0.3 is 14.0 Å². The molecule has 0 unspecified atom stereocenters. The third-order valence-corrected chi connectivity index (χ3v) is 1.47. The second-order valence-corrected chi connectivity index (χ2v) is 2.39. The number of hydrogen-bond donors (Lipinski definition) is 1. The lowest BCUT2D eigenvalue weighted by molar-refractivity contribution is 0.0686. The van der Waals surface area contributed by atoms with Crippen LogP contribution < -0.4 is 0 Å². The number of hydrogen-bond acceptors (Lipinski definition) is 4. The molecule has 0 amide bonds. The van der Waals surface area contributed by atoms with Crippen molar-refractivity contribution in [1.82, 2.24) is 5.16 Å². The first kappa shape index (κ1) is 6.90. The predicted molar refractivity (Wildman–Crippen MR) is 38.0 cm³/mol. The minimum absolute atomic E-state index is 0.182. The molecule has 5 nitrogen and oxygen atoms in total. The molecular weight excluding hydrogens is 162 g/mol. The van der Waals surface area contributed by atoms with Gasteiger partial charge in [0.1, 0.15) is 5.76 Å². The Balaban J connectivity index is 2.76. The van der Waals surface area contributed by atoms with Gasteiger partial charge in [0, 0.05) is 6.07 Å². The molecule has 0 aliphatic heterocycles. The Hall–Kier alpha value is -1.78. The van der Waals surface area contributed by atoms with E-state index in [1.165, 1.54) is 0 Å². The Morgan fingerprint density at radius 1 is 1.67 bits per heavy atom. The molecule has 0 bridgehead atoms. The van der Waals surface area contributed by atoms with Crippen LogP contribution in [0.5, 0.6) is 0 Å². The summed E-state index contributed by atoms with van der Waals surface area (Å²) in [4.78, 5) is 10.5. The summed E-state index contributed by atoms with van der Waals surface area (Å²) in [5.74, 6) is -0.545. The molecule has 2 rings (SSSR count). The van der Waals surface area contributed by atoms with Gasteiger partial charge in [-0.05, 0) is 6.92 Å². The Morgan fingerprint density at radius 2 is 2.42 bits per heavy atom. The first-order chi connectivity index (χ1) is 5.68. The van der Waals surface area contributed by atoms with Crippen LogP contribution >= 0.6 is 0 Å². The number of carbonyl (C=O) groups is 1. The van der Waals surface area contributed by atoms with Gasteiger partial charge in [0.2, 0.25) is 16.9 Å². The summed E-state index contributed by atoms with van der Waals surface area (Å²) in [5.41, 5.74) is 0.378. The molecule has 0 saturated heterocycles. The summed E-state index contributed by atoms with van der Waals surface area (Å²) < 4.78 is 9.77. The molecule has 5 heteroatoms. The van der Waals surface area contributed by atoms with Crippen LogP contribution in [-0.2, 0) is 0 Å². The van der Waals surface area contributed by atoms with Crippen molar-refractivity contribution >= 4 is 17.1 Å². The first-order valence-electron chi connectivity index (χ1n) is 3.27. The van der Waals surface area contributed by atoms with Gasteiger partial charge in [-0.1, -0.05) is 5.16 Å². The molecule has 0 aliphatic carbocycles. The van der Waals surface area contributed by atoms with Crippen molar-refractivity contribution in [2.24, 2.45) is 0 Å². The summed E-state index contributed by atoms with van der Waals surface area (Å²) in [5, 5.41) is 11.9. The number of carboxylic acid groups (broad SMARTS) is 1. The highest BCUT2D eigenvalue weighted by Crippen LogP contribution is 2.21. The Bertz CT molecular complexity index is 439. The molecule has 0 aromatic carbocycles. The Labute approximate surface area is 66.6 Å². The Kier molecular flexibility index (Phi) is 1.21. The van der Waals surface area contributed by atoms with E-state index >= 15 is 0 Å². The van der Waals surface area contributed by atoms with E-state index in [0.29, 0.717) is 11.3 Å². The predicted octanol–water partition coefficient (Wildman–Crippen LogP) is 1.43. The molecule has 12 heavy (non-hydrogen) atoms. The van der Waals surface area contributed by atoms with E-state index in [4.69, 9.17) is 14.0 Å². The van der Waals surface area contributed by atoms with Crippen molar-refractivity contribution in [1.29, 1.82) is 0 Å². The van der Waals surface area contributed by atoms with Crippen molar-refractivity contribution in [2.45, 2.75) is 6.92 Å². The molecule has 0 fully saturated rings. The average molecular weight is 167 g/mol. The van der Waals surface area contributed by atoms with Gasteiger partial charge in [0.25, 0.3) is 0 Å². The number of furan rings is 1. The number of fused-ring (bicyclic) bond motifs is 1. The minimum Gasteiger partial charge on any atom is -0.476 e. The van der Waals surface area contributed by atoms with E-state index in [0.717, 1.165) is 0 Å². The van der Waals surface area contributed by atoms with Crippen LogP contribution in [0.25, 0.3) is 11.2 Å². The second-order valence-electron chi connectivity index (χ2n) is 2.39. The van der Waals surface area contributed by atoms with Crippen LogP contribution in [-0.4, -0.2) is 16.2 Å². The van der Waals surface area contributed by atoms with Crippen molar-refractivity contribution < 1.29 is 18.8 Å². The standard InChI is InChI=1S/C7H5NO4/c1-3-2-4-6(11-3)5(7(9)10)8-12-4/h2H,1H3,(H,9,10). The van der Waals surface area contributed by atoms with Crippen LogP contribution in [0.2, 0.25) is 0 Å². The van der Waals surface area contributed by atoms with Crippen molar-refractivity contribution in [2.75, 3.05) is 0 Å². The summed E-state index contributed by atoms with van der Waals surface area (Å²) in [6.07, 6.45) is 0. The van der Waals surface area contributed by atoms with Crippen molar-refractivity contribution in [3.8, 4) is 0 Å². The zero-order valence-corrected chi connectivity index (χ0v) is 6.20. The molecule has 2 heterocycles. The summed E-state index contributed by atoms with van der Waals surface area (Å²) in [6.45, 7) is 1.71. The van der Waals surface area contributed by atoms with Crippen LogP contribution in [0, 0.1) is 6.92 Å². The fourth-order valence-corrected chi connectivity index (χ4v) is 0.996. The lowest BCUT2D eigenvalue weighted by atomic mass is 10.4. The monoisotopic (exact) mass is 167 g/mol. The molecular formula is C7H5NO4. The van der Waals surface area contributed by atoms with E-state index < -0.39 is 5.97 Å². The number of aromatic carboxylic acids is 1. The molecule has 2 aromatic heterocycles. The highest BCUT2D eigenvalue weighted by molar-refractivity contribution is 5.97. The molecule has 2 aromatic rings. The molecule has 0 saturated carbocycles. The molecule has 0 radical (unpaired) electrons. The molecule has 1 N–H and O–H groups in total. The highest BCUT2D eigenvalue weighted by Gasteiger charge is 2.18. The number of rotatable bonds is 1. The number of aryl methyl sites for hydroxylation is 1. The largest absolute Gasteiger partial charge is 0.476 e. The van der Waals surface area contributed by atoms with Crippen LogP contribution in [0.15, 0.2) is 15.0 Å². The van der Waals surface area contributed by atoms with E-state index in [2.05, 4.69) is 5.16 Å².